The van der Waals surface area contributed by atoms with Gasteiger partial charge < -0.3 is 9.15 Å². The molecule has 2 heterocycles. The zero-order valence-electron chi connectivity index (χ0n) is 16.1. The summed E-state index contributed by atoms with van der Waals surface area (Å²) in [5.74, 6) is 1.39. The van der Waals surface area contributed by atoms with Crippen LogP contribution >= 0.6 is 11.8 Å². The number of furan rings is 1. The molecule has 4 nitrogen and oxygen atoms in total. The third-order valence-corrected chi connectivity index (χ3v) is 6.66. The Morgan fingerprint density at radius 1 is 1.29 bits per heavy atom. The first-order valence-corrected chi connectivity index (χ1v) is 10.6. The molecular weight excluding hydrogens is 372 g/mol. The molecule has 5 heteroatoms. The molecule has 0 N–H and O–H groups in total. The number of allylic oxidation sites excluding steroid dienone is 1. The van der Waals surface area contributed by atoms with E-state index in [4.69, 9.17) is 9.15 Å². The number of hydrogen-bond donors (Lipinski definition) is 0. The predicted octanol–water partition coefficient (Wildman–Crippen LogP) is 4.78. The summed E-state index contributed by atoms with van der Waals surface area (Å²) in [6, 6.07) is 12.0. The second-order valence-electron chi connectivity index (χ2n) is 8.09. The zero-order chi connectivity index (χ0) is 19.7. The van der Waals surface area contributed by atoms with E-state index in [1.54, 1.807) is 6.26 Å². The Morgan fingerprint density at radius 3 is 2.79 bits per heavy atom. The summed E-state index contributed by atoms with van der Waals surface area (Å²) in [7, 11) is 0. The molecule has 0 bridgehead atoms. The summed E-state index contributed by atoms with van der Waals surface area (Å²) in [5, 5.41) is 0.152. The molecule has 0 radical (unpaired) electrons. The van der Waals surface area contributed by atoms with Gasteiger partial charge in [0.2, 0.25) is 5.12 Å². The highest BCUT2D eigenvalue weighted by molar-refractivity contribution is 8.14. The molecule has 2 atom stereocenters. The molecule has 1 saturated carbocycles. The van der Waals surface area contributed by atoms with E-state index in [0.717, 1.165) is 29.1 Å². The normalized spacial score (nSPS) is 24.5. The highest BCUT2D eigenvalue weighted by Crippen LogP contribution is 2.60. The summed E-state index contributed by atoms with van der Waals surface area (Å²) in [5.41, 5.74) is 2.73. The molecule has 0 unspecified atom stereocenters. The fourth-order valence-corrected chi connectivity index (χ4v) is 4.75. The van der Waals surface area contributed by atoms with Crippen LogP contribution in [-0.4, -0.2) is 16.8 Å². The minimum Gasteiger partial charge on any atom is -0.469 e. The molecular formula is C23H24O4S. The SMILES string of the molecule is CC1(C)[C@H](/C=C2\CCSC2=O)[C@@H]1C(=O)OCc1coc(Cc2ccccc2)c1. The molecule has 1 aliphatic heterocycles. The van der Waals surface area contributed by atoms with Gasteiger partial charge in [0, 0.05) is 23.3 Å². The van der Waals surface area contributed by atoms with Crippen LogP contribution in [0.3, 0.4) is 0 Å². The number of carbonyl (C=O) groups is 2. The second kappa shape index (κ2) is 7.63. The van der Waals surface area contributed by atoms with Gasteiger partial charge in [0.05, 0.1) is 12.2 Å². The third kappa shape index (κ3) is 3.95. The maximum atomic E-state index is 12.6. The Hall–Kier alpha value is -2.27. The van der Waals surface area contributed by atoms with Gasteiger partial charge in [-0.2, -0.15) is 0 Å². The van der Waals surface area contributed by atoms with E-state index in [0.29, 0.717) is 6.42 Å². The number of ether oxygens (including phenoxy) is 1. The molecule has 2 fully saturated rings. The van der Waals surface area contributed by atoms with Gasteiger partial charge in [0.15, 0.2) is 0 Å². The van der Waals surface area contributed by atoms with Crippen molar-refractivity contribution in [1.82, 2.24) is 0 Å². The molecule has 2 aromatic rings. The van der Waals surface area contributed by atoms with Gasteiger partial charge in [-0.15, -0.1) is 0 Å². The van der Waals surface area contributed by atoms with Crippen molar-refractivity contribution in [3.63, 3.8) is 0 Å². The Morgan fingerprint density at radius 2 is 2.07 bits per heavy atom. The number of benzene rings is 1. The average Bonchev–Trinajstić information content (AvgIpc) is 3.03. The number of carbonyl (C=O) groups excluding carboxylic acids is 2. The molecule has 1 aromatic heterocycles. The van der Waals surface area contributed by atoms with Crippen molar-refractivity contribution in [2.75, 3.05) is 5.75 Å². The average molecular weight is 397 g/mol. The third-order valence-electron chi connectivity index (χ3n) is 5.72. The minimum absolute atomic E-state index is 0.0793. The lowest BCUT2D eigenvalue weighted by Crippen LogP contribution is -2.10. The van der Waals surface area contributed by atoms with Crippen LogP contribution in [0.15, 0.2) is 58.7 Å². The Labute approximate surface area is 169 Å². The van der Waals surface area contributed by atoms with Crippen LogP contribution in [0.25, 0.3) is 0 Å². The smallest absolute Gasteiger partial charge is 0.310 e. The molecule has 0 amide bonds. The quantitative estimate of drug-likeness (QED) is 0.520. The van der Waals surface area contributed by atoms with Crippen molar-refractivity contribution < 1.29 is 18.7 Å². The Balaban J connectivity index is 1.33. The summed E-state index contributed by atoms with van der Waals surface area (Å²) in [6.07, 6.45) is 5.17. The van der Waals surface area contributed by atoms with E-state index in [-0.39, 0.29) is 34.9 Å². The van der Waals surface area contributed by atoms with Crippen molar-refractivity contribution in [3.8, 4) is 0 Å². The van der Waals surface area contributed by atoms with Crippen molar-refractivity contribution in [2.24, 2.45) is 17.3 Å². The van der Waals surface area contributed by atoms with Gasteiger partial charge in [0.25, 0.3) is 0 Å². The first kappa shape index (κ1) is 19.1. The number of hydrogen-bond acceptors (Lipinski definition) is 5. The van der Waals surface area contributed by atoms with Crippen LogP contribution in [0.2, 0.25) is 0 Å². The van der Waals surface area contributed by atoms with Crippen molar-refractivity contribution in [1.29, 1.82) is 0 Å². The fraction of sp³-hybridized carbons (Fsp3) is 0.391. The standard InChI is InChI=1S/C23H24O4S/c1-23(2)19(12-17-8-9-28-22(17)25)20(23)21(24)27-14-16-11-18(26-13-16)10-15-6-4-3-5-7-15/h3-7,11-13,19-20H,8-10,14H2,1-2H3/b17-12+/t19-,20-/m1/s1. The van der Waals surface area contributed by atoms with E-state index in [2.05, 4.69) is 26.0 Å². The van der Waals surface area contributed by atoms with E-state index >= 15 is 0 Å². The minimum atomic E-state index is -0.198. The fourth-order valence-electron chi connectivity index (χ4n) is 3.89. The van der Waals surface area contributed by atoms with Crippen LogP contribution in [0.5, 0.6) is 0 Å². The monoisotopic (exact) mass is 396 g/mol. The van der Waals surface area contributed by atoms with Crippen molar-refractivity contribution in [2.45, 2.75) is 33.3 Å². The lowest BCUT2D eigenvalue weighted by atomic mass is 10.1. The van der Waals surface area contributed by atoms with Crippen molar-refractivity contribution >= 4 is 22.8 Å². The van der Waals surface area contributed by atoms with Crippen LogP contribution in [0.1, 0.15) is 37.2 Å². The van der Waals surface area contributed by atoms with Gasteiger partial charge in [-0.1, -0.05) is 62.0 Å². The van der Waals surface area contributed by atoms with Gasteiger partial charge in [-0.3, -0.25) is 9.59 Å². The van der Waals surface area contributed by atoms with Crippen LogP contribution in [0.4, 0.5) is 0 Å². The second-order valence-corrected chi connectivity index (χ2v) is 9.16. The predicted molar refractivity (Wildman–Crippen MR) is 109 cm³/mol. The van der Waals surface area contributed by atoms with Gasteiger partial charge in [-0.25, -0.2) is 0 Å². The molecule has 0 spiro atoms. The summed E-state index contributed by atoms with van der Waals surface area (Å²) in [6.45, 7) is 4.33. The van der Waals surface area contributed by atoms with Gasteiger partial charge in [0.1, 0.15) is 12.4 Å². The largest absolute Gasteiger partial charge is 0.469 e. The van der Waals surface area contributed by atoms with Crippen LogP contribution in [-0.2, 0) is 27.4 Å². The topological polar surface area (TPSA) is 56.5 Å². The maximum Gasteiger partial charge on any atom is 0.310 e. The van der Waals surface area contributed by atoms with E-state index in [1.807, 2.05) is 30.3 Å². The van der Waals surface area contributed by atoms with Gasteiger partial charge in [-0.05, 0) is 29.4 Å². The number of esters is 1. The van der Waals surface area contributed by atoms with Crippen LogP contribution < -0.4 is 0 Å². The van der Waals surface area contributed by atoms with Gasteiger partial charge >= 0.3 is 5.97 Å². The number of rotatable bonds is 6. The van der Waals surface area contributed by atoms with E-state index in [9.17, 15) is 9.59 Å². The maximum absolute atomic E-state index is 12.6. The zero-order valence-corrected chi connectivity index (χ0v) is 17.0. The first-order valence-electron chi connectivity index (χ1n) is 9.60. The highest BCUT2D eigenvalue weighted by atomic mass is 32.2. The lowest BCUT2D eigenvalue weighted by molar-refractivity contribution is -0.147. The Bertz CT molecular complexity index is 910. The van der Waals surface area contributed by atoms with E-state index < -0.39 is 0 Å². The lowest BCUT2D eigenvalue weighted by Gasteiger charge is -2.03. The molecule has 28 heavy (non-hydrogen) atoms. The molecule has 2 aliphatic rings. The summed E-state index contributed by atoms with van der Waals surface area (Å²) in [4.78, 5) is 24.4. The molecule has 1 aliphatic carbocycles. The molecule has 1 aromatic carbocycles. The molecule has 1 saturated heterocycles. The molecule has 146 valence electrons. The summed E-state index contributed by atoms with van der Waals surface area (Å²) >= 11 is 1.36. The number of thioether (sulfide) groups is 1. The van der Waals surface area contributed by atoms with Crippen LogP contribution in [0, 0.1) is 17.3 Å². The first-order chi connectivity index (χ1) is 13.4. The highest BCUT2D eigenvalue weighted by Gasteiger charge is 2.61. The van der Waals surface area contributed by atoms with Crippen molar-refractivity contribution in [3.05, 3.63) is 71.2 Å². The Kier molecular flexibility index (Phi) is 5.19. The molecule has 4 rings (SSSR count). The van der Waals surface area contributed by atoms with E-state index in [1.165, 1.54) is 17.3 Å². The summed E-state index contributed by atoms with van der Waals surface area (Å²) < 4.78 is 11.2.